The quantitative estimate of drug-likeness (QED) is 0.923. The van der Waals surface area contributed by atoms with Crippen LogP contribution in [0.2, 0.25) is 0 Å². The number of aromatic amines is 1. The molecule has 0 radical (unpaired) electrons. The SMILES string of the molecule is CCC(CC)Oc1ccc2[nH]c(=O)cc(C(F)(F)F)c2c1. The van der Waals surface area contributed by atoms with E-state index in [1.807, 2.05) is 13.8 Å². The molecule has 0 atom stereocenters. The second-order valence-corrected chi connectivity index (χ2v) is 4.81. The molecular formula is C15H16F3NO2. The van der Waals surface area contributed by atoms with Crippen molar-refractivity contribution in [1.29, 1.82) is 0 Å². The van der Waals surface area contributed by atoms with Crippen molar-refractivity contribution in [2.24, 2.45) is 0 Å². The summed E-state index contributed by atoms with van der Waals surface area (Å²) in [6, 6.07) is 4.90. The zero-order valence-electron chi connectivity index (χ0n) is 11.8. The number of ether oxygens (including phenoxy) is 1. The fourth-order valence-corrected chi connectivity index (χ4v) is 2.19. The van der Waals surface area contributed by atoms with Gasteiger partial charge in [-0.1, -0.05) is 13.8 Å². The van der Waals surface area contributed by atoms with Gasteiger partial charge in [0.1, 0.15) is 5.75 Å². The Morgan fingerprint density at radius 3 is 2.43 bits per heavy atom. The number of H-pyrrole nitrogens is 1. The minimum atomic E-state index is -4.58. The Labute approximate surface area is 119 Å². The van der Waals surface area contributed by atoms with Gasteiger partial charge in [0, 0.05) is 17.0 Å². The molecule has 0 amide bonds. The summed E-state index contributed by atoms with van der Waals surface area (Å²) in [5, 5.41) is -0.0643. The van der Waals surface area contributed by atoms with Crippen LogP contribution >= 0.6 is 0 Å². The molecule has 6 heteroatoms. The van der Waals surface area contributed by atoms with Crippen molar-refractivity contribution in [2.75, 3.05) is 0 Å². The third kappa shape index (κ3) is 3.37. The van der Waals surface area contributed by atoms with Crippen LogP contribution in [0, 0.1) is 0 Å². The smallest absolute Gasteiger partial charge is 0.417 e. The van der Waals surface area contributed by atoms with Crippen LogP contribution < -0.4 is 10.3 Å². The predicted molar refractivity (Wildman–Crippen MR) is 74.6 cm³/mol. The zero-order valence-corrected chi connectivity index (χ0v) is 11.8. The minimum Gasteiger partial charge on any atom is -0.490 e. The second-order valence-electron chi connectivity index (χ2n) is 4.81. The Morgan fingerprint density at radius 2 is 1.86 bits per heavy atom. The topological polar surface area (TPSA) is 42.1 Å². The molecule has 0 aliphatic rings. The van der Waals surface area contributed by atoms with E-state index in [0.29, 0.717) is 11.8 Å². The molecule has 0 aliphatic carbocycles. The van der Waals surface area contributed by atoms with E-state index < -0.39 is 17.3 Å². The van der Waals surface area contributed by atoms with E-state index in [1.165, 1.54) is 12.1 Å². The lowest BCUT2D eigenvalue weighted by Crippen LogP contribution is -2.15. The number of hydrogen-bond donors (Lipinski definition) is 1. The number of nitrogens with one attached hydrogen (secondary N) is 1. The van der Waals surface area contributed by atoms with Crippen LogP contribution in [0.15, 0.2) is 29.1 Å². The van der Waals surface area contributed by atoms with Gasteiger partial charge in [-0.15, -0.1) is 0 Å². The van der Waals surface area contributed by atoms with E-state index in [9.17, 15) is 18.0 Å². The molecule has 0 saturated carbocycles. The normalized spacial score (nSPS) is 12.1. The van der Waals surface area contributed by atoms with Gasteiger partial charge in [0.2, 0.25) is 5.56 Å². The molecule has 3 nitrogen and oxygen atoms in total. The zero-order chi connectivity index (χ0) is 15.6. The number of aromatic nitrogens is 1. The molecule has 1 N–H and O–H groups in total. The van der Waals surface area contributed by atoms with Gasteiger partial charge in [0.25, 0.3) is 0 Å². The van der Waals surface area contributed by atoms with E-state index in [-0.39, 0.29) is 17.0 Å². The van der Waals surface area contributed by atoms with Crippen molar-refractivity contribution < 1.29 is 17.9 Å². The molecular weight excluding hydrogens is 283 g/mol. The van der Waals surface area contributed by atoms with Crippen LogP contribution in [0.4, 0.5) is 13.2 Å². The maximum atomic E-state index is 13.0. The molecule has 1 aromatic heterocycles. The van der Waals surface area contributed by atoms with E-state index in [0.717, 1.165) is 12.8 Å². The van der Waals surface area contributed by atoms with Crippen molar-refractivity contribution in [1.82, 2.24) is 4.98 Å². The number of benzene rings is 1. The first-order valence-corrected chi connectivity index (χ1v) is 6.76. The summed E-state index contributed by atoms with van der Waals surface area (Å²) >= 11 is 0. The highest BCUT2D eigenvalue weighted by Crippen LogP contribution is 2.34. The Balaban J connectivity index is 2.55. The number of alkyl halides is 3. The van der Waals surface area contributed by atoms with Crippen molar-refractivity contribution in [3.63, 3.8) is 0 Å². The molecule has 0 fully saturated rings. The highest BCUT2D eigenvalue weighted by Gasteiger charge is 2.33. The van der Waals surface area contributed by atoms with Crippen LogP contribution in [0.3, 0.4) is 0 Å². The van der Waals surface area contributed by atoms with Gasteiger partial charge in [-0.25, -0.2) is 0 Å². The summed E-state index contributed by atoms with van der Waals surface area (Å²) in [6.07, 6.45) is -3.09. The highest BCUT2D eigenvalue weighted by molar-refractivity contribution is 5.83. The van der Waals surface area contributed by atoms with Gasteiger partial charge in [0.05, 0.1) is 11.7 Å². The van der Waals surface area contributed by atoms with Crippen LogP contribution in [-0.2, 0) is 6.18 Å². The van der Waals surface area contributed by atoms with Crippen molar-refractivity contribution in [2.45, 2.75) is 39.0 Å². The molecule has 2 aromatic rings. The number of fused-ring (bicyclic) bond motifs is 1. The Bertz CT molecular complexity index is 687. The average Bonchev–Trinajstić information content (AvgIpc) is 2.43. The Morgan fingerprint density at radius 1 is 1.19 bits per heavy atom. The van der Waals surface area contributed by atoms with Crippen molar-refractivity contribution in [3.05, 3.63) is 40.2 Å². The number of halogens is 3. The Kier molecular flexibility index (Phi) is 4.25. The molecule has 21 heavy (non-hydrogen) atoms. The molecule has 114 valence electrons. The summed E-state index contributed by atoms with van der Waals surface area (Å²) in [4.78, 5) is 13.7. The Hall–Kier alpha value is -1.98. The van der Waals surface area contributed by atoms with Crippen molar-refractivity contribution in [3.8, 4) is 5.75 Å². The molecule has 0 bridgehead atoms. The lowest BCUT2D eigenvalue weighted by atomic mass is 10.1. The summed E-state index contributed by atoms with van der Waals surface area (Å²) in [5.41, 5.74) is -1.58. The van der Waals surface area contributed by atoms with E-state index in [2.05, 4.69) is 4.98 Å². The van der Waals surface area contributed by atoms with Gasteiger partial charge in [0.15, 0.2) is 0 Å². The van der Waals surface area contributed by atoms with Gasteiger partial charge in [-0.3, -0.25) is 4.79 Å². The standard InChI is InChI=1S/C15H16F3NO2/c1-3-9(4-2)21-10-5-6-13-11(7-10)12(15(16,17)18)8-14(20)19-13/h5-9H,3-4H2,1-2H3,(H,19,20). The molecule has 0 saturated heterocycles. The summed E-state index contributed by atoms with van der Waals surface area (Å²) < 4.78 is 44.8. The maximum absolute atomic E-state index is 13.0. The van der Waals surface area contributed by atoms with Crippen LogP contribution in [-0.4, -0.2) is 11.1 Å². The van der Waals surface area contributed by atoms with Crippen molar-refractivity contribution >= 4 is 10.9 Å². The van der Waals surface area contributed by atoms with Gasteiger partial charge in [-0.2, -0.15) is 13.2 Å². The molecule has 1 heterocycles. The third-order valence-electron chi connectivity index (χ3n) is 3.33. The van der Waals surface area contributed by atoms with E-state index >= 15 is 0 Å². The number of pyridine rings is 1. The summed E-state index contributed by atoms with van der Waals surface area (Å²) in [5.74, 6) is 0.369. The third-order valence-corrected chi connectivity index (χ3v) is 3.33. The van der Waals surface area contributed by atoms with Gasteiger partial charge < -0.3 is 9.72 Å². The van der Waals surface area contributed by atoms with Crippen LogP contribution in [0.5, 0.6) is 5.75 Å². The number of rotatable bonds is 4. The summed E-state index contributed by atoms with van der Waals surface area (Å²) in [6.45, 7) is 3.90. The predicted octanol–water partition coefficient (Wildman–Crippen LogP) is 4.11. The fraction of sp³-hybridized carbons (Fsp3) is 0.400. The molecule has 0 spiro atoms. The van der Waals surface area contributed by atoms with Gasteiger partial charge >= 0.3 is 6.18 Å². The molecule has 1 aromatic carbocycles. The van der Waals surface area contributed by atoms with E-state index in [4.69, 9.17) is 4.74 Å². The molecule has 2 rings (SSSR count). The second kappa shape index (κ2) is 5.79. The monoisotopic (exact) mass is 299 g/mol. The fourth-order valence-electron chi connectivity index (χ4n) is 2.19. The van der Waals surface area contributed by atoms with Crippen LogP contribution in [0.1, 0.15) is 32.3 Å². The first kappa shape index (κ1) is 15.4. The first-order chi connectivity index (χ1) is 9.85. The van der Waals surface area contributed by atoms with E-state index in [1.54, 1.807) is 6.07 Å². The summed E-state index contributed by atoms with van der Waals surface area (Å²) in [7, 11) is 0. The molecule has 0 unspecified atom stereocenters. The highest BCUT2D eigenvalue weighted by atomic mass is 19.4. The first-order valence-electron chi connectivity index (χ1n) is 6.76. The van der Waals surface area contributed by atoms with Gasteiger partial charge in [-0.05, 0) is 31.0 Å². The lowest BCUT2D eigenvalue weighted by molar-refractivity contribution is -0.136. The average molecular weight is 299 g/mol. The minimum absolute atomic E-state index is 0.0421. The number of hydrogen-bond acceptors (Lipinski definition) is 2. The largest absolute Gasteiger partial charge is 0.490 e. The lowest BCUT2D eigenvalue weighted by Gasteiger charge is -2.17. The molecule has 0 aliphatic heterocycles. The van der Waals surface area contributed by atoms with Crippen LogP contribution in [0.25, 0.3) is 10.9 Å². The maximum Gasteiger partial charge on any atom is 0.417 e.